The van der Waals surface area contributed by atoms with Crippen molar-refractivity contribution in [1.29, 1.82) is 0 Å². The van der Waals surface area contributed by atoms with Gasteiger partial charge in [-0.15, -0.1) is 0 Å². The van der Waals surface area contributed by atoms with E-state index in [1.54, 1.807) is 6.26 Å². The first kappa shape index (κ1) is 21.6. The molecule has 0 fully saturated rings. The Balaban J connectivity index is 1.45. The number of para-hydroxylation sites is 1. The van der Waals surface area contributed by atoms with Crippen LogP contribution in [-0.4, -0.2) is 0 Å². The zero-order valence-corrected chi connectivity index (χ0v) is 21.5. The van der Waals surface area contributed by atoms with Crippen LogP contribution in [0.4, 0.5) is 0 Å². The first-order valence-corrected chi connectivity index (χ1v) is 13.6. The Hall–Kier alpha value is -5.34. The van der Waals surface area contributed by atoms with Gasteiger partial charge in [0.2, 0.25) is 0 Å². The summed E-state index contributed by atoms with van der Waals surface area (Å²) in [7, 11) is 0. The van der Waals surface area contributed by atoms with Gasteiger partial charge in [-0.05, 0) is 67.7 Å². The zero-order valence-electron chi connectivity index (χ0n) is 21.5. The lowest BCUT2D eigenvalue weighted by Gasteiger charge is -2.18. The van der Waals surface area contributed by atoms with Gasteiger partial charge >= 0.3 is 0 Å². The molecule has 2 heterocycles. The first-order chi connectivity index (χ1) is 19.8. The Morgan fingerprint density at radius 1 is 0.400 bits per heavy atom. The van der Waals surface area contributed by atoms with E-state index < -0.39 is 0 Å². The van der Waals surface area contributed by atoms with Crippen LogP contribution in [0.3, 0.4) is 0 Å². The molecule has 2 aromatic heterocycles. The quantitative estimate of drug-likeness (QED) is 0.216. The summed E-state index contributed by atoms with van der Waals surface area (Å²) < 4.78 is 12.6. The second-order valence-electron chi connectivity index (χ2n) is 10.5. The van der Waals surface area contributed by atoms with E-state index in [1.807, 2.05) is 18.2 Å². The van der Waals surface area contributed by atoms with Crippen molar-refractivity contribution >= 4 is 65.2 Å². The highest BCUT2D eigenvalue weighted by molar-refractivity contribution is 6.26. The third-order valence-corrected chi connectivity index (χ3v) is 8.32. The van der Waals surface area contributed by atoms with Crippen LogP contribution in [-0.2, 0) is 0 Å². The maximum absolute atomic E-state index is 6.34. The maximum Gasteiger partial charge on any atom is 0.146 e. The molecule has 2 nitrogen and oxygen atoms in total. The van der Waals surface area contributed by atoms with Crippen LogP contribution in [0.15, 0.2) is 142 Å². The van der Waals surface area contributed by atoms with Crippen molar-refractivity contribution in [2.45, 2.75) is 0 Å². The van der Waals surface area contributed by atoms with Crippen molar-refractivity contribution < 1.29 is 8.83 Å². The van der Waals surface area contributed by atoms with Crippen molar-refractivity contribution in [1.82, 2.24) is 0 Å². The number of furan rings is 2. The molecule has 0 saturated carbocycles. The largest absolute Gasteiger partial charge is 0.464 e. The van der Waals surface area contributed by atoms with Gasteiger partial charge in [0.15, 0.2) is 0 Å². The number of benzene rings is 7. The van der Waals surface area contributed by atoms with Gasteiger partial charge in [0, 0.05) is 21.9 Å². The molecule has 0 aliphatic heterocycles. The van der Waals surface area contributed by atoms with Gasteiger partial charge < -0.3 is 8.83 Å². The summed E-state index contributed by atoms with van der Waals surface area (Å²) in [6, 6.07) is 45.4. The molecule has 0 spiro atoms. The molecule has 0 unspecified atom stereocenters. The van der Waals surface area contributed by atoms with Gasteiger partial charge in [-0.25, -0.2) is 0 Å². The van der Waals surface area contributed by atoms with E-state index in [0.29, 0.717) is 0 Å². The molecule has 40 heavy (non-hydrogen) atoms. The van der Waals surface area contributed by atoms with Crippen molar-refractivity contribution in [3.05, 3.63) is 134 Å². The lowest BCUT2D eigenvalue weighted by Crippen LogP contribution is -1.91. The van der Waals surface area contributed by atoms with Crippen LogP contribution >= 0.6 is 0 Å². The predicted octanol–water partition coefficient (Wildman–Crippen LogP) is 11.1. The Bertz CT molecular complexity index is 2380. The van der Waals surface area contributed by atoms with E-state index in [2.05, 4.69) is 109 Å². The number of hydrogen-bond donors (Lipinski definition) is 0. The minimum Gasteiger partial charge on any atom is -0.464 e. The number of fused-ring (bicyclic) bond motifs is 8. The van der Waals surface area contributed by atoms with Gasteiger partial charge in [-0.1, -0.05) is 103 Å². The number of hydrogen-bond acceptors (Lipinski definition) is 2. The van der Waals surface area contributed by atoms with E-state index in [0.717, 1.165) is 38.5 Å². The summed E-state index contributed by atoms with van der Waals surface area (Å²) in [6.45, 7) is 0. The van der Waals surface area contributed by atoms with Crippen LogP contribution in [0, 0.1) is 0 Å². The minimum atomic E-state index is 0.848. The normalized spacial score (nSPS) is 12.0. The third kappa shape index (κ3) is 2.93. The summed E-state index contributed by atoms with van der Waals surface area (Å²) in [4.78, 5) is 0. The second-order valence-corrected chi connectivity index (χ2v) is 10.5. The topological polar surface area (TPSA) is 26.3 Å². The van der Waals surface area contributed by atoms with E-state index in [9.17, 15) is 0 Å². The van der Waals surface area contributed by atoms with Crippen molar-refractivity contribution in [2.75, 3.05) is 0 Å². The Morgan fingerprint density at radius 2 is 1.02 bits per heavy atom. The van der Waals surface area contributed by atoms with Crippen molar-refractivity contribution in [2.24, 2.45) is 0 Å². The fourth-order valence-electron chi connectivity index (χ4n) is 6.58. The first-order valence-electron chi connectivity index (χ1n) is 13.6. The second kappa shape index (κ2) is 8.08. The van der Waals surface area contributed by atoms with Gasteiger partial charge in [0.1, 0.15) is 16.7 Å². The van der Waals surface area contributed by atoms with Gasteiger partial charge in [-0.3, -0.25) is 0 Å². The molecule has 0 saturated heterocycles. The lowest BCUT2D eigenvalue weighted by molar-refractivity contribution is 0.616. The Labute approximate surface area is 229 Å². The average molecular weight is 511 g/mol. The van der Waals surface area contributed by atoms with Crippen LogP contribution in [0.5, 0.6) is 0 Å². The maximum atomic E-state index is 6.34. The molecule has 2 heteroatoms. The number of rotatable bonds is 2. The van der Waals surface area contributed by atoms with E-state index in [4.69, 9.17) is 8.83 Å². The van der Waals surface area contributed by atoms with Crippen LogP contribution in [0.1, 0.15) is 0 Å². The van der Waals surface area contributed by atoms with Gasteiger partial charge in [0.25, 0.3) is 0 Å². The highest BCUT2D eigenvalue weighted by atomic mass is 16.3. The van der Waals surface area contributed by atoms with E-state index in [1.165, 1.54) is 49.0 Å². The fraction of sp³-hybridized carbons (Fsp3) is 0. The molecule has 0 radical (unpaired) electrons. The highest BCUT2D eigenvalue weighted by Crippen LogP contribution is 2.48. The summed E-state index contributed by atoms with van der Waals surface area (Å²) in [5.74, 6) is 0. The summed E-state index contributed by atoms with van der Waals surface area (Å²) in [5, 5.41) is 10.6. The summed E-state index contributed by atoms with van der Waals surface area (Å²) in [6.07, 6.45) is 1.77. The molecule has 7 aromatic carbocycles. The summed E-state index contributed by atoms with van der Waals surface area (Å²) in [5.41, 5.74) is 7.34. The molecule has 186 valence electrons. The van der Waals surface area contributed by atoms with Crippen molar-refractivity contribution in [3.63, 3.8) is 0 Å². The minimum absolute atomic E-state index is 0.848. The smallest absolute Gasteiger partial charge is 0.146 e. The van der Waals surface area contributed by atoms with Crippen molar-refractivity contribution in [3.8, 4) is 22.3 Å². The molecule has 0 aliphatic carbocycles. The average Bonchev–Trinajstić information content (AvgIpc) is 3.65. The monoisotopic (exact) mass is 510 g/mol. The van der Waals surface area contributed by atoms with Gasteiger partial charge in [-0.2, -0.15) is 0 Å². The van der Waals surface area contributed by atoms with Crippen LogP contribution < -0.4 is 0 Å². The SMILES string of the molecule is c1ccc2cc(-c3c4ccccc4c(-c4cc5c6ccccc6oc5c5ccoc45)c4ccccc34)ccc2c1. The molecule has 0 N–H and O–H groups in total. The molecular formula is C38H22O2. The summed E-state index contributed by atoms with van der Waals surface area (Å²) >= 11 is 0. The van der Waals surface area contributed by atoms with Crippen LogP contribution in [0.25, 0.3) is 87.5 Å². The molecule has 9 aromatic rings. The zero-order chi connectivity index (χ0) is 26.2. The highest BCUT2D eigenvalue weighted by Gasteiger charge is 2.22. The standard InChI is InChI=1S/C38H22O2/c1-2-10-24-21-25(18-17-23(24)9-1)35-27-12-3-5-14-29(27)36(30-15-6-4-13-28(30)35)33-22-32-26-11-7-8-16-34(26)40-38(32)31-19-20-39-37(31)33/h1-22H. The fourth-order valence-corrected chi connectivity index (χ4v) is 6.58. The molecule has 0 aliphatic rings. The van der Waals surface area contributed by atoms with E-state index in [-0.39, 0.29) is 0 Å². The third-order valence-electron chi connectivity index (χ3n) is 8.32. The molecule has 9 rings (SSSR count). The molecule has 0 amide bonds. The molecular weight excluding hydrogens is 488 g/mol. The molecule has 0 atom stereocenters. The Kier molecular flexibility index (Phi) is 4.36. The lowest BCUT2D eigenvalue weighted by atomic mass is 9.85. The Morgan fingerprint density at radius 3 is 1.77 bits per heavy atom. The van der Waals surface area contributed by atoms with Gasteiger partial charge in [0.05, 0.1) is 11.6 Å². The van der Waals surface area contributed by atoms with E-state index >= 15 is 0 Å². The predicted molar refractivity (Wildman–Crippen MR) is 167 cm³/mol. The molecule has 0 bridgehead atoms. The van der Waals surface area contributed by atoms with Crippen LogP contribution in [0.2, 0.25) is 0 Å².